The van der Waals surface area contributed by atoms with Crippen molar-refractivity contribution in [2.75, 3.05) is 11.9 Å². The average molecular weight is 235 g/mol. The molecule has 0 aliphatic heterocycles. The summed E-state index contributed by atoms with van der Waals surface area (Å²) in [5.41, 5.74) is 1.89. The molecule has 1 N–H and O–H groups in total. The summed E-state index contributed by atoms with van der Waals surface area (Å²) in [7, 11) is 0. The number of nitrogens with one attached hydrogen (secondary N) is 1. The van der Waals surface area contributed by atoms with Crippen LogP contribution in [0.5, 0.6) is 0 Å². The van der Waals surface area contributed by atoms with Gasteiger partial charge in [0.25, 0.3) is 0 Å². The molecule has 0 radical (unpaired) electrons. The second-order valence-corrected chi connectivity index (χ2v) is 5.54. The second-order valence-electron chi connectivity index (χ2n) is 5.54. The van der Waals surface area contributed by atoms with Gasteiger partial charge in [-0.05, 0) is 55.4 Å². The number of hydrogen-bond donors (Lipinski definition) is 1. The first-order chi connectivity index (χ1) is 8.13. The normalized spacial score (nSPS) is 24.6. The number of anilines is 1. The van der Waals surface area contributed by atoms with E-state index in [0.717, 1.165) is 29.6 Å². The number of benzene rings is 1. The van der Waals surface area contributed by atoms with Crippen LogP contribution in [0.3, 0.4) is 0 Å². The van der Waals surface area contributed by atoms with Gasteiger partial charge in [-0.2, -0.15) is 0 Å². The van der Waals surface area contributed by atoms with E-state index < -0.39 is 0 Å². The van der Waals surface area contributed by atoms with Gasteiger partial charge in [-0.15, -0.1) is 0 Å². The van der Waals surface area contributed by atoms with Crippen molar-refractivity contribution in [2.45, 2.75) is 39.5 Å². The highest BCUT2D eigenvalue weighted by Crippen LogP contribution is 2.28. The van der Waals surface area contributed by atoms with Gasteiger partial charge in [0.2, 0.25) is 0 Å². The SMILES string of the molecule is Cc1cc(F)cc(NCC2CCCC(C)C2)c1. The molecule has 1 nitrogen and oxygen atoms in total. The summed E-state index contributed by atoms with van der Waals surface area (Å²) in [6, 6.07) is 5.16. The summed E-state index contributed by atoms with van der Waals surface area (Å²) in [6.45, 7) is 5.24. The first-order valence-electron chi connectivity index (χ1n) is 6.64. The van der Waals surface area contributed by atoms with E-state index >= 15 is 0 Å². The smallest absolute Gasteiger partial charge is 0.125 e. The third-order valence-electron chi connectivity index (χ3n) is 3.68. The minimum atomic E-state index is -0.149. The highest BCUT2D eigenvalue weighted by Gasteiger charge is 2.18. The van der Waals surface area contributed by atoms with Crippen molar-refractivity contribution in [3.05, 3.63) is 29.6 Å². The van der Waals surface area contributed by atoms with Crippen LogP contribution in [0.15, 0.2) is 18.2 Å². The summed E-state index contributed by atoms with van der Waals surface area (Å²) >= 11 is 0. The number of aryl methyl sites for hydroxylation is 1. The largest absolute Gasteiger partial charge is 0.385 e. The van der Waals surface area contributed by atoms with Gasteiger partial charge >= 0.3 is 0 Å². The Morgan fingerprint density at radius 2 is 2.12 bits per heavy atom. The number of hydrogen-bond acceptors (Lipinski definition) is 1. The van der Waals surface area contributed by atoms with Crippen LogP contribution in [0.4, 0.5) is 10.1 Å². The molecular weight excluding hydrogens is 213 g/mol. The van der Waals surface area contributed by atoms with E-state index in [1.165, 1.54) is 25.7 Å². The summed E-state index contributed by atoms with van der Waals surface area (Å²) < 4.78 is 13.2. The van der Waals surface area contributed by atoms with Crippen LogP contribution >= 0.6 is 0 Å². The molecule has 17 heavy (non-hydrogen) atoms. The molecule has 1 fully saturated rings. The van der Waals surface area contributed by atoms with Crippen molar-refractivity contribution in [2.24, 2.45) is 11.8 Å². The third kappa shape index (κ3) is 3.72. The van der Waals surface area contributed by atoms with Gasteiger partial charge in [-0.25, -0.2) is 4.39 Å². The molecule has 1 aromatic carbocycles. The maximum Gasteiger partial charge on any atom is 0.125 e. The Bertz CT molecular complexity index is 355. The quantitative estimate of drug-likeness (QED) is 0.820. The lowest BCUT2D eigenvalue weighted by Crippen LogP contribution is -2.21. The topological polar surface area (TPSA) is 12.0 Å². The minimum Gasteiger partial charge on any atom is -0.385 e. The van der Waals surface area contributed by atoms with Crippen molar-refractivity contribution < 1.29 is 4.39 Å². The van der Waals surface area contributed by atoms with E-state index in [0.29, 0.717) is 0 Å². The van der Waals surface area contributed by atoms with E-state index in [1.807, 2.05) is 13.0 Å². The van der Waals surface area contributed by atoms with E-state index in [-0.39, 0.29) is 5.82 Å². The molecule has 0 spiro atoms. The van der Waals surface area contributed by atoms with Crippen LogP contribution in [0.2, 0.25) is 0 Å². The van der Waals surface area contributed by atoms with Crippen LogP contribution in [-0.4, -0.2) is 6.54 Å². The molecule has 0 bridgehead atoms. The lowest BCUT2D eigenvalue weighted by Gasteiger charge is -2.27. The standard InChI is InChI=1S/C15H22FN/c1-11-4-3-5-13(6-11)10-17-15-8-12(2)7-14(16)9-15/h7-9,11,13,17H,3-6,10H2,1-2H3. The lowest BCUT2D eigenvalue weighted by molar-refractivity contribution is 0.293. The summed E-state index contributed by atoms with van der Waals surface area (Å²) in [5.74, 6) is 1.46. The van der Waals surface area contributed by atoms with Crippen molar-refractivity contribution in [3.63, 3.8) is 0 Å². The zero-order valence-electron chi connectivity index (χ0n) is 10.8. The van der Waals surface area contributed by atoms with E-state index in [4.69, 9.17) is 0 Å². The molecule has 2 heteroatoms. The van der Waals surface area contributed by atoms with Gasteiger partial charge in [0.05, 0.1) is 0 Å². The monoisotopic (exact) mass is 235 g/mol. The molecule has 2 unspecified atom stereocenters. The van der Waals surface area contributed by atoms with Crippen molar-refractivity contribution in [1.82, 2.24) is 0 Å². The first-order valence-corrected chi connectivity index (χ1v) is 6.64. The van der Waals surface area contributed by atoms with Gasteiger partial charge in [-0.1, -0.05) is 19.8 Å². The molecule has 2 rings (SSSR count). The molecule has 1 aliphatic rings. The van der Waals surface area contributed by atoms with E-state index in [9.17, 15) is 4.39 Å². The average Bonchev–Trinajstić information content (AvgIpc) is 2.25. The molecule has 0 amide bonds. The zero-order valence-corrected chi connectivity index (χ0v) is 10.8. The Kier molecular flexibility index (Phi) is 4.03. The van der Waals surface area contributed by atoms with Gasteiger partial charge in [-0.3, -0.25) is 0 Å². The predicted octanol–water partition coefficient (Wildman–Crippen LogP) is 4.37. The van der Waals surface area contributed by atoms with Crippen LogP contribution < -0.4 is 5.32 Å². The van der Waals surface area contributed by atoms with E-state index in [2.05, 4.69) is 12.2 Å². The Balaban J connectivity index is 1.88. The van der Waals surface area contributed by atoms with Gasteiger partial charge in [0.15, 0.2) is 0 Å². The third-order valence-corrected chi connectivity index (χ3v) is 3.68. The Hall–Kier alpha value is -1.05. The van der Waals surface area contributed by atoms with Gasteiger partial charge in [0.1, 0.15) is 5.82 Å². The fourth-order valence-electron chi connectivity index (χ4n) is 2.85. The number of rotatable bonds is 3. The fourth-order valence-corrected chi connectivity index (χ4v) is 2.85. The predicted molar refractivity (Wildman–Crippen MR) is 70.7 cm³/mol. The maximum absolute atomic E-state index is 13.2. The zero-order chi connectivity index (χ0) is 12.3. The van der Waals surface area contributed by atoms with Crippen LogP contribution in [0, 0.1) is 24.6 Å². The molecule has 0 saturated heterocycles. The van der Waals surface area contributed by atoms with Gasteiger partial charge in [0, 0.05) is 12.2 Å². The van der Waals surface area contributed by atoms with Crippen LogP contribution in [-0.2, 0) is 0 Å². The first kappa shape index (κ1) is 12.4. The fraction of sp³-hybridized carbons (Fsp3) is 0.600. The second kappa shape index (κ2) is 5.52. The Morgan fingerprint density at radius 3 is 2.82 bits per heavy atom. The minimum absolute atomic E-state index is 0.149. The molecule has 1 aromatic rings. The Morgan fingerprint density at radius 1 is 1.29 bits per heavy atom. The summed E-state index contributed by atoms with van der Waals surface area (Å²) in [6.07, 6.45) is 5.33. The van der Waals surface area contributed by atoms with Crippen molar-refractivity contribution in [3.8, 4) is 0 Å². The number of halogens is 1. The maximum atomic E-state index is 13.2. The van der Waals surface area contributed by atoms with Crippen molar-refractivity contribution in [1.29, 1.82) is 0 Å². The van der Waals surface area contributed by atoms with Gasteiger partial charge < -0.3 is 5.32 Å². The molecule has 94 valence electrons. The molecule has 0 heterocycles. The highest BCUT2D eigenvalue weighted by molar-refractivity contribution is 5.45. The molecule has 1 saturated carbocycles. The molecule has 2 atom stereocenters. The molecule has 1 aliphatic carbocycles. The van der Waals surface area contributed by atoms with Crippen LogP contribution in [0.25, 0.3) is 0 Å². The molecular formula is C15H22FN. The lowest BCUT2D eigenvalue weighted by atomic mass is 9.82. The highest BCUT2D eigenvalue weighted by atomic mass is 19.1. The summed E-state index contributed by atoms with van der Waals surface area (Å²) in [5, 5.41) is 3.38. The summed E-state index contributed by atoms with van der Waals surface area (Å²) in [4.78, 5) is 0. The van der Waals surface area contributed by atoms with Crippen molar-refractivity contribution >= 4 is 5.69 Å². The van der Waals surface area contributed by atoms with E-state index in [1.54, 1.807) is 12.1 Å². The van der Waals surface area contributed by atoms with Crippen LogP contribution in [0.1, 0.15) is 38.2 Å². The Labute approximate surface area is 103 Å². The molecule has 0 aromatic heterocycles.